The lowest BCUT2D eigenvalue weighted by atomic mass is 9.76. The molecule has 0 bridgehead atoms. The number of anilines is 1. The summed E-state index contributed by atoms with van der Waals surface area (Å²) in [6, 6.07) is 16.6. The summed E-state index contributed by atoms with van der Waals surface area (Å²) in [5.74, 6) is 0.813. The molecule has 0 fully saturated rings. The fourth-order valence-electron chi connectivity index (χ4n) is 5.32. The van der Waals surface area contributed by atoms with E-state index in [1.807, 2.05) is 30.5 Å². The van der Waals surface area contributed by atoms with E-state index in [2.05, 4.69) is 67.9 Å². The monoisotopic (exact) mass is 428 g/mol. The molecule has 0 spiro atoms. The molecule has 166 valence electrons. The Bertz CT molecular complexity index is 1230. The van der Waals surface area contributed by atoms with E-state index in [1.165, 1.54) is 11.3 Å². The van der Waals surface area contributed by atoms with E-state index in [9.17, 15) is 10.2 Å². The van der Waals surface area contributed by atoms with Crippen molar-refractivity contribution in [3.63, 3.8) is 0 Å². The van der Waals surface area contributed by atoms with Crippen LogP contribution < -0.4 is 4.90 Å². The highest BCUT2D eigenvalue weighted by Gasteiger charge is 2.45. The molecule has 2 heterocycles. The minimum Gasteiger partial charge on any atom is -0.507 e. The van der Waals surface area contributed by atoms with Crippen molar-refractivity contribution in [2.75, 3.05) is 11.4 Å². The number of rotatable bonds is 5. The summed E-state index contributed by atoms with van der Waals surface area (Å²) in [5.41, 5.74) is 5.56. The van der Waals surface area contributed by atoms with Gasteiger partial charge < -0.3 is 20.1 Å². The zero-order valence-electron chi connectivity index (χ0n) is 19.3. The number of aliphatic hydroxyl groups excluding tert-OH is 2. The lowest BCUT2D eigenvalue weighted by Crippen LogP contribution is -2.42. The number of fused-ring (bicyclic) bond motifs is 2. The van der Waals surface area contributed by atoms with Crippen LogP contribution in [0.15, 0.2) is 72.1 Å². The third kappa shape index (κ3) is 3.08. The Kier molecular flexibility index (Phi) is 4.94. The highest BCUT2D eigenvalue weighted by atomic mass is 16.3. The first-order valence-electron chi connectivity index (χ1n) is 11.6. The van der Waals surface area contributed by atoms with Gasteiger partial charge in [0.05, 0.1) is 6.04 Å². The zero-order valence-corrected chi connectivity index (χ0v) is 19.3. The van der Waals surface area contributed by atoms with Crippen LogP contribution in [0.2, 0.25) is 0 Å². The predicted octanol–water partition coefficient (Wildman–Crippen LogP) is 5.95. The minimum absolute atomic E-state index is 0.0648. The molecule has 0 amide bonds. The van der Waals surface area contributed by atoms with Crippen LogP contribution in [0.3, 0.4) is 0 Å². The fraction of sp³-hybridized carbons (Fsp3) is 0.357. The fourth-order valence-corrected chi connectivity index (χ4v) is 5.32. The van der Waals surface area contributed by atoms with E-state index in [0.29, 0.717) is 17.1 Å². The number of nitrogens with zero attached hydrogens (tertiary/aromatic N) is 1. The molecule has 32 heavy (non-hydrogen) atoms. The Morgan fingerprint density at radius 2 is 1.81 bits per heavy atom. The number of aromatic amines is 1. The summed E-state index contributed by atoms with van der Waals surface area (Å²) >= 11 is 0. The van der Waals surface area contributed by atoms with E-state index >= 15 is 0 Å². The van der Waals surface area contributed by atoms with E-state index < -0.39 is 6.10 Å². The Hall–Kier alpha value is -2.98. The Morgan fingerprint density at radius 3 is 2.56 bits per heavy atom. The Labute approximate surface area is 189 Å². The standard InChI is InChI=1S/C28H32N2O2/c1-17(2)13-14-30-23-12-8-6-10-21(23)28(3,4)24(30)15-19-26(31)25(27(19)32)20-16-29-22-11-7-5-9-18(20)22/h5-12,15-17,24,26,29,31-32H,13-14H2,1-4H3/b19-15+. The number of aliphatic hydroxyl groups is 2. The van der Waals surface area contributed by atoms with Gasteiger partial charge in [-0.15, -0.1) is 0 Å². The maximum Gasteiger partial charge on any atom is 0.128 e. The van der Waals surface area contributed by atoms with Crippen molar-refractivity contribution in [1.29, 1.82) is 0 Å². The van der Waals surface area contributed by atoms with Crippen molar-refractivity contribution in [1.82, 2.24) is 4.98 Å². The van der Waals surface area contributed by atoms with Crippen molar-refractivity contribution in [2.24, 2.45) is 5.92 Å². The van der Waals surface area contributed by atoms with Crippen LogP contribution in [0, 0.1) is 5.92 Å². The van der Waals surface area contributed by atoms with Crippen LogP contribution in [0.25, 0.3) is 16.5 Å². The van der Waals surface area contributed by atoms with Gasteiger partial charge in [0.2, 0.25) is 0 Å². The number of H-pyrrole nitrogens is 1. The SMILES string of the molecule is CC(C)CCN1c2ccccc2C(C)(C)C1/C=C1/C(O)=C(c2c[nH]c3ccccc23)C1O. The van der Waals surface area contributed by atoms with E-state index in [-0.39, 0.29) is 17.2 Å². The summed E-state index contributed by atoms with van der Waals surface area (Å²) in [6.45, 7) is 9.96. The molecule has 2 aromatic carbocycles. The molecular formula is C28H32N2O2. The molecule has 1 aromatic heterocycles. The van der Waals surface area contributed by atoms with Crippen LogP contribution in [-0.2, 0) is 5.41 Å². The summed E-state index contributed by atoms with van der Waals surface area (Å²) in [5, 5.41) is 23.2. The molecule has 2 aliphatic rings. The lowest BCUT2D eigenvalue weighted by Gasteiger charge is -2.36. The van der Waals surface area contributed by atoms with Crippen LogP contribution in [0.1, 0.15) is 45.2 Å². The van der Waals surface area contributed by atoms with Crippen LogP contribution in [0.5, 0.6) is 0 Å². The quantitative estimate of drug-likeness (QED) is 0.471. The molecule has 4 nitrogen and oxygen atoms in total. The van der Waals surface area contributed by atoms with Gasteiger partial charge in [0.25, 0.3) is 0 Å². The Balaban J connectivity index is 1.55. The van der Waals surface area contributed by atoms with Gasteiger partial charge in [-0.2, -0.15) is 0 Å². The van der Waals surface area contributed by atoms with Gasteiger partial charge in [-0.3, -0.25) is 0 Å². The largest absolute Gasteiger partial charge is 0.507 e. The minimum atomic E-state index is -0.791. The zero-order chi connectivity index (χ0) is 22.6. The highest BCUT2D eigenvalue weighted by Crippen LogP contribution is 2.49. The molecule has 2 atom stereocenters. The molecule has 0 saturated carbocycles. The number of hydrogen-bond acceptors (Lipinski definition) is 3. The summed E-state index contributed by atoms with van der Waals surface area (Å²) in [6.07, 6.45) is 4.27. The second-order valence-electron chi connectivity index (χ2n) is 10.1. The van der Waals surface area contributed by atoms with Gasteiger partial charge >= 0.3 is 0 Å². The van der Waals surface area contributed by atoms with Crippen molar-refractivity contribution in [2.45, 2.75) is 51.7 Å². The average Bonchev–Trinajstić information content (AvgIpc) is 3.28. The van der Waals surface area contributed by atoms with Crippen LogP contribution >= 0.6 is 0 Å². The van der Waals surface area contributed by atoms with Gasteiger partial charge in [0, 0.05) is 51.5 Å². The van der Waals surface area contributed by atoms with Crippen LogP contribution in [-0.4, -0.2) is 33.9 Å². The molecule has 3 N–H and O–H groups in total. The summed E-state index contributed by atoms with van der Waals surface area (Å²) < 4.78 is 0. The number of benzene rings is 2. The Morgan fingerprint density at radius 1 is 1.09 bits per heavy atom. The van der Waals surface area contributed by atoms with E-state index in [1.54, 1.807) is 0 Å². The van der Waals surface area contributed by atoms with Gasteiger partial charge in [0.15, 0.2) is 0 Å². The summed E-state index contributed by atoms with van der Waals surface area (Å²) in [4.78, 5) is 5.69. The number of hydrogen-bond donors (Lipinski definition) is 3. The molecule has 0 saturated heterocycles. The van der Waals surface area contributed by atoms with Crippen molar-refractivity contribution in [3.8, 4) is 0 Å². The van der Waals surface area contributed by atoms with Crippen molar-refractivity contribution >= 4 is 22.2 Å². The second kappa shape index (κ2) is 7.56. The lowest BCUT2D eigenvalue weighted by molar-refractivity contribution is 0.229. The van der Waals surface area contributed by atoms with Crippen molar-refractivity contribution < 1.29 is 10.2 Å². The molecule has 3 aromatic rings. The van der Waals surface area contributed by atoms with Gasteiger partial charge in [0.1, 0.15) is 11.9 Å². The smallest absolute Gasteiger partial charge is 0.128 e. The normalized spacial score (nSPS) is 23.3. The molecule has 1 aliphatic carbocycles. The van der Waals surface area contributed by atoms with E-state index in [4.69, 9.17) is 0 Å². The summed E-state index contributed by atoms with van der Waals surface area (Å²) in [7, 11) is 0. The van der Waals surface area contributed by atoms with Gasteiger partial charge in [-0.1, -0.05) is 70.2 Å². The first-order chi connectivity index (χ1) is 15.3. The van der Waals surface area contributed by atoms with Gasteiger partial charge in [-0.05, 0) is 30.0 Å². The average molecular weight is 429 g/mol. The van der Waals surface area contributed by atoms with Crippen molar-refractivity contribution in [3.05, 3.63) is 83.3 Å². The molecule has 0 radical (unpaired) electrons. The topological polar surface area (TPSA) is 59.5 Å². The number of aromatic nitrogens is 1. The van der Waals surface area contributed by atoms with Gasteiger partial charge in [-0.25, -0.2) is 0 Å². The second-order valence-corrected chi connectivity index (χ2v) is 10.1. The third-order valence-electron chi connectivity index (χ3n) is 7.24. The third-order valence-corrected chi connectivity index (χ3v) is 7.24. The highest BCUT2D eigenvalue weighted by molar-refractivity contribution is 5.98. The molecule has 4 heteroatoms. The number of nitrogens with one attached hydrogen (secondary N) is 1. The maximum atomic E-state index is 11.1. The molecule has 2 unspecified atom stereocenters. The maximum absolute atomic E-state index is 11.1. The molecule has 5 rings (SSSR count). The first kappa shape index (κ1) is 20.9. The number of para-hydroxylation sites is 2. The van der Waals surface area contributed by atoms with Crippen LogP contribution in [0.4, 0.5) is 5.69 Å². The predicted molar refractivity (Wildman–Crippen MR) is 132 cm³/mol. The molecular weight excluding hydrogens is 396 g/mol. The van der Waals surface area contributed by atoms with E-state index in [0.717, 1.165) is 29.4 Å². The molecule has 1 aliphatic heterocycles. The first-order valence-corrected chi connectivity index (χ1v) is 11.6.